The third-order valence-electron chi connectivity index (χ3n) is 3.19. The van der Waals surface area contributed by atoms with Crippen LogP contribution in [0.25, 0.3) is 0 Å². The van der Waals surface area contributed by atoms with Gasteiger partial charge >= 0.3 is 0 Å². The molecule has 1 aromatic carbocycles. The van der Waals surface area contributed by atoms with E-state index < -0.39 is 0 Å². The summed E-state index contributed by atoms with van der Waals surface area (Å²) in [6.07, 6.45) is 4.75. The van der Waals surface area contributed by atoms with E-state index in [1.165, 1.54) is 24.0 Å². The number of Topliss-reactive ketones (excluding diaryl/α,β-unsaturated/α-hetero) is 1. The smallest absolute Gasteiger partial charge is 0.159 e. The first-order valence-corrected chi connectivity index (χ1v) is 6.41. The van der Waals surface area contributed by atoms with E-state index in [-0.39, 0.29) is 11.9 Å². The fourth-order valence-corrected chi connectivity index (χ4v) is 2.39. The molecule has 17 heavy (non-hydrogen) atoms. The number of hydrogen-bond donors (Lipinski definition) is 0. The Morgan fingerprint density at radius 2 is 1.94 bits per heavy atom. The van der Waals surface area contributed by atoms with Crippen LogP contribution in [-0.2, 0) is 12.8 Å². The number of benzene rings is 1. The molecule has 0 radical (unpaired) electrons. The van der Waals surface area contributed by atoms with Crippen molar-refractivity contribution in [2.24, 2.45) is 0 Å². The van der Waals surface area contributed by atoms with Gasteiger partial charge in [-0.2, -0.15) is 0 Å². The molecule has 1 aliphatic carbocycles. The largest absolute Gasteiger partial charge is 0.491 e. The standard InChI is InChI=1S/C15H20O2/c1-10(2)17-15-9-13(11(3)16)8-12-6-4-5-7-14(12)15/h8-10H,4-7H2,1-3H3. The van der Waals surface area contributed by atoms with E-state index in [0.29, 0.717) is 0 Å². The van der Waals surface area contributed by atoms with Crippen molar-refractivity contribution in [2.75, 3.05) is 0 Å². The molecule has 1 aliphatic rings. The number of carbonyl (C=O) groups is 1. The average molecular weight is 232 g/mol. The van der Waals surface area contributed by atoms with Gasteiger partial charge in [-0.3, -0.25) is 4.79 Å². The number of aryl methyl sites for hydroxylation is 1. The molecule has 0 aromatic heterocycles. The maximum Gasteiger partial charge on any atom is 0.159 e. The van der Waals surface area contributed by atoms with Gasteiger partial charge in [0.25, 0.3) is 0 Å². The Kier molecular flexibility index (Phi) is 3.51. The number of ether oxygens (including phenoxy) is 1. The second-order valence-electron chi connectivity index (χ2n) is 5.04. The van der Waals surface area contributed by atoms with Crippen molar-refractivity contribution in [3.05, 3.63) is 28.8 Å². The summed E-state index contributed by atoms with van der Waals surface area (Å²) in [4.78, 5) is 11.5. The predicted octanol–water partition coefficient (Wildman–Crippen LogP) is 3.56. The second-order valence-corrected chi connectivity index (χ2v) is 5.04. The van der Waals surface area contributed by atoms with Gasteiger partial charge in [0.2, 0.25) is 0 Å². The molecule has 0 fully saturated rings. The Labute approximate surface area is 103 Å². The molecule has 0 amide bonds. The summed E-state index contributed by atoms with van der Waals surface area (Å²) in [5.41, 5.74) is 3.40. The lowest BCUT2D eigenvalue weighted by atomic mass is 9.89. The van der Waals surface area contributed by atoms with Crippen molar-refractivity contribution < 1.29 is 9.53 Å². The molecule has 0 N–H and O–H groups in total. The van der Waals surface area contributed by atoms with Crippen molar-refractivity contribution in [1.82, 2.24) is 0 Å². The highest BCUT2D eigenvalue weighted by atomic mass is 16.5. The van der Waals surface area contributed by atoms with E-state index in [1.54, 1.807) is 6.92 Å². The first-order valence-electron chi connectivity index (χ1n) is 6.41. The highest BCUT2D eigenvalue weighted by Gasteiger charge is 2.17. The lowest BCUT2D eigenvalue weighted by Crippen LogP contribution is -2.12. The van der Waals surface area contributed by atoms with Crippen molar-refractivity contribution in [2.45, 2.75) is 52.6 Å². The van der Waals surface area contributed by atoms with E-state index in [4.69, 9.17) is 4.74 Å². The van der Waals surface area contributed by atoms with Crippen LogP contribution in [0.2, 0.25) is 0 Å². The van der Waals surface area contributed by atoms with Crippen LogP contribution >= 0.6 is 0 Å². The summed E-state index contributed by atoms with van der Waals surface area (Å²) in [5.74, 6) is 1.04. The second kappa shape index (κ2) is 4.91. The molecule has 0 atom stereocenters. The van der Waals surface area contributed by atoms with Gasteiger partial charge in [-0.25, -0.2) is 0 Å². The molecule has 2 heteroatoms. The third-order valence-corrected chi connectivity index (χ3v) is 3.19. The highest BCUT2D eigenvalue weighted by Crippen LogP contribution is 2.32. The van der Waals surface area contributed by atoms with Crippen LogP contribution in [0.4, 0.5) is 0 Å². The predicted molar refractivity (Wildman–Crippen MR) is 68.9 cm³/mol. The lowest BCUT2D eigenvalue weighted by Gasteiger charge is -2.22. The molecule has 2 nitrogen and oxygen atoms in total. The number of rotatable bonds is 3. The molecule has 92 valence electrons. The van der Waals surface area contributed by atoms with E-state index in [1.807, 2.05) is 26.0 Å². The highest BCUT2D eigenvalue weighted by molar-refractivity contribution is 5.94. The van der Waals surface area contributed by atoms with Crippen molar-refractivity contribution in [3.63, 3.8) is 0 Å². The molecular weight excluding hydrogens is 212 g/mol. The summed E-state index contributed by atoms with van der Waals surface area (Å²) in [6, 6.07) is 3.95. The fourth-order valence-electron chi connectivity index (χ4n) is 2.39. The normalized spacial score (nSPS) is 14.6. The molecule has 1 aromatic rings. The van der Waals surface area contributed by atoms with Crippen molar-refractivity contribution in [3.8, 4) is 5.75 Å². The van der Waals surface area contributed by atoms with Crippen molar-refractivity contribution in [1.29, 1.82) is 0 Å². The zero-order chi connectivity index (χ0) is 12.4. The maximum atomic E-state index is 11.5. The molecule has 2 rings (SSSR count). The number of ketones is 1. The zero-order valence-corrected chi connectivity index (χ0v) is 10.9. The summed E-state index contributed by atoms with van der Waals surface area (Å²) >= 11 is 0. The quantitative estimate of drug-likeness (QED) is 0.745. The molecule has 0 aliphatic heterocycles. The van der Waals surface area contributed by atoms with Crippen LogP contribution in [0.3, 0.4) is 0 Å². The van der Waals surface area contributed by atoms with Crippen LogP contribution in [0.5, 0.6) is 5.75 Å². The molecule has 0 heterocycles. The van der Waals surface area contributed by atoms with Crippen LogP contribution in [0.1, 0.15) is 55.1 Å². The molecule has 0 saturated heterocycles. The lowest BCUT2D eigenvalue weighted by molar-refractivity contribution is 0.101. The van der Waals surface area contributed by atoms with Crippen LogP contribution in [-0.4, -0.2) is 11.9 Å². The SMILES string of the molecule is CC(=O)c1cc2c(c(OC(C)C)c1)CCCC2. The van der Waals surface area contributed by atoms with Gasteiger partial charge in [0.1, 0.15) is 5.75 Å². The minimum atomic E-state index is 0.118. The summed E-state index contributed by atoms with van der Waals surface area (Å²) in [7, 11) is 0. The monoisotopic (exact) mass is 232 g/mol. The van der Waals surface area contributed by atoms with Crippen LogP contribution < -0.4 is 4.74 Å². The first kappa shape index (κ1) is 12.2. The Morgan fingerprint density at radius 1 is 1.24 bits per heavy atom. The topological polar surface area (TPSA) is 26.3 Å². The van der Waals surface area contributed by atoms with E-state index in [9.17, 15) is 4.79 Å². The van der Waals surface area contributed by atoms with Gasteiger partial charge in [0, 0.05) is 5.56 Å². The molecule has 0 saturated carbocycles. The van der Waals surface area contributed by atoms with Gasteiger partial charge in [0.05, 0.1) is 6.10 Å². The minimum Gasteiger partial charge on any atom is -0.491 e. The Bertz CT molecular complexity index is 433. The van der Waals surface area contributed by atoms with E-state index >= 15 is 0 Å². The van der Waals surface area contributed by atoms with Gasteiger partial charge in [0.15, 0.2) is 5.78 Å². The number of fused-ring (bicyclic) bond motifs is 1. The number of hydrogen-bond acceptors (Lipinski definition) is 2. The molecule has 0 spiro atoms. The molecular formula is C15H20O2. The fraction of sp³-hybridized carbons (Fsp3) is 0.533. The van der Waals surface area contributed by atoms with Crippen LogP contribution in [0.15, 0.2) is 12.1 Å². The Hall–Kier alpha value is -1.31. The van der Waals surface area contributed by atoms with Crippen molar-refractivity contribution >= 4 is 5.78 Å². The van der Waals surface area contributed by atoms with Gasteiger partial charge in [-0.15, -0.1) is 0 Å². The molecule has 0 unspecified atom stereocenters. The average Bonchev–Trinajstić information content (AvgIpc) is 2.28. The third kappa shape index (κ3) is 2.68. The van der Waals surface area contributed by atoms with Gasteiger partial charge in [-0.05, 0) is 69.7 Å². The maximum absolute atomic E-state index is 11.5. The number of carbonyl (C=O) groups excluding carboxylic acids is 1. The first-order chi connectivity index (χ1) is 8.08. The van der Waals surface area contributed by atoms with Gasteiger partial charge < -0.3 is 4.74 Å². The summed E-state index contributed by atoms with van der Waals surface area (Å²) in [5, 5.41) is 0. The Morgan fingerprint density at radius 3 is 2.59 bits per heavy atom. The summed E-state index contributed by atoms with van der Waals surface area (Å²) < 4.78 is 5.85. The van der Waals surface area contributed by atoms with E-state index in [0.717, 1.165) is 24.2 Å². The minimum absolute atomic E-state index is 0.118. The van der Waals surface area contributed by atoms with E-state index in [2.05, 4.69) is 0 Å². The molecule has 0 bridgehead atoms. The summed E-state index contributed by atoms with van der Waals surface area (Å²) in [6.45, 7) is 5.66. The van der Waals surface area contributed by atoms with Gasteiger partial charge in [-0.1, -0.05) is 0 Å². The zero-order valence-electron chi connectivity index (χ0n) is 10.9. The van der Waals surface area contributed by atoms with Crippen LogP contribution in [0, 0.1) is 0 Å². The Balaban J connectivity index is 2.46.